The number of halogens is 4. The van der Waals surface area contributed by atoms with Crippen LogP contribution >= 0.6 is 12.2 Å². The maximum absolute atomic E-state index is 12.2. The zero-order valence-corrected chi connectivity index (χ0v) is 7.71. The van der Waals surface area contributed by atoms with E-state index in [2.05, 4.69) is 12.2 Å². The van der Waals surface area contributed by atoms with E-state index in [0.717, 1.165) is 0 Å². The van der Waals surface area contributed by atoms with Crippen LogP contribution in [0, 0.1) is 0 Å². The van der Waals surface area contributed by atoms with Crippen LogP contribution in [-0.2, 0) is 4.79 Å². The largest absolute Gasteiger partial charge is 0.393 e. The molecule has 0 unspecified atom stereocenters. The Hall–Kier alpha value is -0.920. The van der Waals surface area contributed by atoms with Crippen LogP contribution in [0.5, 0.6) is 0 Å². The standard InChI is InChI=1S/C6H8F4N2OS/c7-5(8)6(9,10)2-12-4(13)1-3(11)14/h5H,1-2H2,(H2,11,14)(H,12,13). The molecule has 0 aliphatic carbocycles. The van der Waals surface area contributed by atoms with E-state index in [1.54, 1.807) is 5.32 Å². The van der Waals surface area contributed by atoms with E-state index in [-0.39, 0.29) is 4.99 Å². The third-order valence-electron chi connectivity index (χ3n) is 1.18. The predicted octanol–water partition coefficient (Wildman–Crippen LogP) is 0.679. The quantitative estimate of drug-likeness (QED) is 0.541. The molecule has 0 saturated carbocycles. The Bertz CT molecular complexity index is 234. The lowest BCUT2D eigenvalue weighted by Gasteiger charge is -2.15. The monoisotopic (exact) mass is 232 g/mol. The average molecular weight is 232 g/mol. The van der Waals surface area contributed by atoms with Crippen LogP contribution in [0.2, 0.25) is 0 Å². The molecule has 3 nitrogen and oxygen atoms in total. The third kappa shape index (κ3) is 4.95. The van der Waals surface area contributed by atoms with Crippen molar-refractivity contribution in [3.05, 3.63) is 0 Å². The molecule has 0 aromatic heterocycles. The second kappa shape index (κ2) is 5.08. The lowest BCUT2D eigenvalue weighted by Crippen LogP contribution is -2.42. The van der Waals surface area contributed by atoms with E-state index in [1.165, 1.54) is 0 Å². The van der Waals surface area contributed by atoms with Crippen LogP contribution in [0.4, 0.5) is 17.6 Å². The molecule has 0 bridgehead atoms. The first-order chi connectivity index (χ1) is 6.25. The van der Waals surface area contributed by atoms with Crippen molar-refractivity contribution >= 4 is 23.1 Å². The summed E-state index contributed by atoms with van der Waals surface area (Å²) >= 11 is 4.31. The van der Waals surface area contributed by atoms with Crippen molar-refractivity contribution < 1.29 is 22.4 Å². The lowest BCUT2D eigenvalue weighted by atomic mass is 10.3. The fourth-order valence-electron chi connectivity index (χ4n) is 0.514. The number of nitrogens with one attached hydrogen (secondary N) is 1. The normalized spacial score (nSPS) is 11.5. The summed E-state index contributed by atoms with van der Waals surface area (Å²) in [6.07, 6.45) is -4.25. The summed E-state index contributed by atoms with van der Waals surface area (Å²) in [5, 5.41) is 1.60. The number of amides is 1. The Labute approximate surface area is 82.6 Å². The maximum atomic E-state index is 12.2. The number of hydrogen-bond acceptors (Lipinski definition) is 2. The number of rotatable bonds is 5. The van der Waals surface area contributed by atoms with Gasteiger partial charge < -0.3 is 11.1 Å². The van der Waals surface area contributed by atoms with Gasteiger partial charge in [-0.3, -0.25) is 4.79 Å². The maximum Gasteiger partial charge on any atom is 0.324 e. The van der Waals surface area contributed by atoms with E-state index in [1.807, 2.05) is 0 Å². The first-order valence-corrected chi connectivity index (χ1v) is 3.87. The fourth-order valence-corrected chi connectivity index (χ4v) is 0.645. The van der Waals surface area contributed by atoms with Gasteiger partial charge in [-0.1, -0.05) is 12.2 Å². The molecule has 1 amide bonds. The van der Waals surface area contributed by atoms with Crippen LogP contribution in [0.3, 0.4) is 0 Å². The van der Waals surface area contributed by atoms with Gasteiger partial charge in [-0.2, -0.15) is 8.78 Å². The van der Waals surface area contributed by atoms with Crippen LogP contribution in [0.25, 0.3) is 0 Å². The predicted molar refractivity (Wildman–Crippen MR) is 45.4 cm³/mol. The molecule has 3 N–H and O–H groups in total. The van der Waals surface area contributed by atoms with Crippen molar-refractivity contribution in [2.75, 3.05) is 6.54 Å². The number of thiocarbonyl (C=S) groups is 1. The van der Waals surface area contributed by atoms with Gasteiger partial charge in [0.15, 0.2) is 0 Å². The number of carbonyl (C=O) groups excluding carboxylic acids is 1. The van der Waals surface area contributed by atoms with Crippen LogP contribution < -0.4 is 11.1 Å². The van der Waals surface area contributed by atoms with E-state index >= 15 is 0 Å². The zero-order valence-electron chi connectivity index (χ0n) is 6.90. The number of alkyl halides is 4. The molecule has 0 rings (SSSR count). The third-order valence-corrected chi connectivity index (χ3v) is 1.32. The molecule has 0 aromatic rings. The highest BCUT2D eigenvalue weighted by atomic mass is 32.1. The Morgan fingerprint density at radius 2 is 2.00 bits per heavy atom. The van der Waals surface area contributed by atoms with Crippen LogP contribution in [0.1, 0.15) is 6.42 Å². The second-order valence-electron chi connectivity index (χ2n) is 2.48. The van der Waals surface area contributed by atoms with Crippen molar-refractivity contribution in [1.29, 1.82) is 0 Å². The molecule has 0 saturated heterocycles. The number of carbonyl (C=O) groups is 1. The lowest BCUT2D eigenvalue weighted by molar-refractivity contribution is -0.135. The van der Waals surface area contributed by atoms with Crippen molar-refractivity contribution in [1.82, 2.24) is 5.32 Å². The van der Waals surface area contributed by atoms with E-state index in [4.69, 9.17) is 5.73 Å². The van der Waals surface area contributed by atoms with Crippen LogP contribution in [0.15, 0.2) is 0 Å². The summed E-state index contributed by atoms with van der Waals surface area (Å²) in [6.45, 7) is -1.42. The zero-order chi connectivity index (χ0) is 11.4. The summed E-state index contributed by atoms with van der Waals surface area (Å²) < 4.78 is 47.6. The van der Waals surface area contributed by atoms with Gasteiger partial charge in [-0.15, -0.1) is 0 Å². The minimum atomic E-state index is -4.23. The summed E-state index contributed by atoms with van der Waals surface area (Å²) in [4.78, 5) is 10.5. The molecule has 0 aliphatic heterocycles. The topological polar surface area (TPSA) is 55.1 Å². The highest BCUT2D eigenvalue weighted by Gasteiger charge is 2.40. The van der Waals surface area contributed by atoms with Gasteiger partial charge in [-0.25, -0.2) is 8.78 Å². The average Bonchev–Trinajstić information content (AvgIpc) is 1.99. The van der Waals surface area contributed by atoms with Gasteiger partial charge in [-0.05, 0) is 0 Å². The van der Waals surface area contributed by atoms with Crippen molar-refractivity contribution in [3.63, 3.8) is 0 Å². The van der Waals surface area contributed by atoms with Gasteiger partial charge >= 0.3 is 12.3 Å². The Morgan fingerprint density at radius 3 is 2.36 bits per heavy atom. The minimum Gasteiger partial charge on any atom is -0.393 e. The SMILES string of the molecule is NC(=S)CC(=O)NCC(F)(F)C(F)F. The van der Waals surface area contributed by atoms with E-state index < -0.39 is 31.2 Å². The molecule has 8 heteroatoms. The van der Waals surface area contributed by atoms with E-state index in [0.29, 0.717) is 0 Å². The van der Waals surface area contributed by atoms with Gasteiger partial charge in [0.25, 0.3) is 0 Å². The van der Waals surface area contributed by atoms with Crippen molar-refractivity contribution in [2.45, 2.75) is 18.8 Å². The van der Waals surface area contributed by atoms with Crippen molar-refractivity contribution in [2.24, 2.45) is 5.73 Å². The van der Waals surface area contributed by atoms with Gasteiger partial charge in [0.05, 0.1) is 18.0 Å². The van der Waals surface area contributed by atoms with Crippen molar-refractivity contribution in [3.8, 4) is 0 Å². The molecular weight excluding hydrogens is 224 g/mol. The number of hydrogen-bond donors (Lipinski definition) is 2. The molecule has 0 heterocycles. The smallest absolute Gasteiger partial charge is 0.324 e. The highest BCUT2D eigenvalue weighted by Crippen LogP contribution is 2.21. The Kier molecular flexibility index (Phi) is 4.75. The second-order valence-corrected chi connectivity index (χ2v) is 3.01. The number of nitrogens with two attached hydrogens (primary N) is 1. The summed E-state index contributed by atoms with van der Waals surface area (Å²) in [7, 11) is 0. The molecule has 14 heavy (non-hydrogen) atoms. The Morgan fingerprint density at radius 1 is 1.50 bits per heavy atom. The molecule has 0 atom stereocenters. The molecular formula is C6H8F4N2OS. The molecule has 82 valence electrons. The first kappa shape index (κ1) is 13.1. The van der Waals surface area contributed by atoms with Crippen LogP contribution in [-0.4, -0.2) is 29.8 Å². The first-order valence-electron chi connectivity index (χ1n) is 3.46. The highest BCUT2D eigenvalue weighted by molar-refractivity contribution is 7.80. The minimum absolute atomic E-state index is 0.192. The summed E-state index contributed by atoms with van der Waals surface area (Å²) in [5.41, 5.74) is 4.93. The fraction of sp³-hybridized carbons (Fsp3) is 0.667. The molecule has 0 radical (unpaired) electrons. The Balaban J connectivity index is 3.94. The molecule has 0 aromatic carbocycles. The molecule has 0 aliphatic rings. The van der Waals surface area contributed by atoms with Gasteiger partial charge in [0.1, 0.15) is 0 Å². The summed E-state index contributed by atoms with van der Waals surface area (Å²) in [6, 6.07) is 0. The van der Waals surface area contributed by atoms with Gasteiger partial charge in [0, 0.05) is 0 Å². The van der Waals surface area contributed by atoms with E-state index in [9.17, 15) is 22.4 Å². The van der Waals surface area contributed by atoms with Gasteiger partial charge in [0.2, 0.25) is 5.91 Å². The summed E-state index contributed by atoms with van der Waals surface area (Å²) in [5.74, 6) is -5.14. The molecule has 0 spiro atoms. The molecule has 0 fully saturated rings.